The number of aromatic nitrogens is 3. The van der Waals surface area contributed by atoms with Crippen LogP contribution in [-0.4, -0.2) is 20.9 Å². The number of hydrogen-bond donors (Lipinski definition) is 1. The third-order valence-electron chi connectivity index (χ3n) is 2.12. The molecular formula is C13H12FN3S. The summed E-state index contributed by atoms with van der Waals surface area (Å²) < 4.78 is 12.7. The first-order valence-electron chi connectivity index (χ1n) is 5.37. The number of nitrogens with one attached hydrogen (secondary N) is 1. The van der Waals surface area contributed by atoms with Crippen LogP contribution in [-0.2, 0) is 0 Å². The van der Waals surface area contributed by atoms with Gasteiger partial charge in [-0.15, -0.1) is 11.7 Å². The Hall–Kier alpha value is -1.88. The van der Waals surface area contributed by atoms with Gasteiger partial charge in [-0.05, 0) is 23.8 Å². The minimum atomic E-state index is -0.241. The van der Waals surface area contributed by atoms with Crippen molar-refractivity contribution in [3.8, 4) is 0 Å². The Labute approximate surface area is 109 Å². The molecule has 0 amide bonds. The summed E-state index contributed by atoms with van der Waals surface area (Å²) in [4.78, 5) is 4.27. The molecule has 0 aliphatic carbocycles. The van der Waals surface area contributed by atoms with E-state index in [-0.39, 0.29) is 5.82 Å². The average Bonchev–Trinajstić information content (AvgIpc) is 2.84. The van der Waals surface area contributed by atoms with E-state index in [2.05, 4.69) is 21.8 Å². The normalized spacial score (nSPS) is 10.9. The van der Waals surface area contributed by atoms with E-state index < -0.39 is 0 Å². The molecule has 0 fully saturated rings. The van der Waals surface area contributed by atoms with E-state index in [9.17, 15) is 4.39 Å². The molecule has 0 spiro atoms. The Morgan fingerprint density at radius 3 is 2.78 bits per heavy atom. The summed E-state index contributed by atoms with van der Waals surface area (Å²) in [6, 6.07) is 6.25. The summed E-state index contributed by atoms with van der Waals surface area (Å²) >= 11 is 1.51. The Balaban J connectivity index is 2.02. The molecule has 0 aliphatic heterocycles. The standard InChI is InChI=1S/C13H12FN3S/c1-2-9-18-13-15-12(16-17-13)8-5-10-3-6-11(14)7-4-10/h2-8H,1,9H2,(H,15,16,17). The van der Waals surface area contributed by atoms with Gasteiger partial charge in [-0.2, -0.15) is 0 Å². The van der Waals surface area contributed by atoms with Crippen LogP contribution >= 0.6 is 11.8 Å². The minimum Gasteiger partial charge on any atom is -0.259 e. The smallest absolute Gasteiger partial charge is 0.209 e. The van der Waals surface area contributed by atoms with Crippen LogP contribution in [0, 0.1) is 5.82 Å². The molecule has 0 saturated carbocycles. The van der Waals surface area contributed by atoms with Gasteiger partial charge in [-0.25, -0.2) is 9.37 Å². The summed E-state index contributed by atoms with van der Waals surface area (Å²) in [7, 11) is 0. The molecule has 1 aromatic carbocycles. The van der Waals surface area contributed by atoms with Gasteiger partial charge in [0.2, 0.25) is 5.16 Å². The molecule has 2 rings (SSSR count). The maximum atomic E-state index is 12.7. The number of H-pyrrole nitrogens is 1. The van der Waals surface area contributed by atoms with Crippen molar-refractivity contribution >= 4 is 23.9 Å². The van der Waals surface area contributed by atoms with Crippen LogP contribution in [0.25, 0.3) is 12.2 Å². The molecule has 1 N–H and O–H groups in total. The lowest BCUT2D eigenvalue weighted by Crippen LogP contribution is -1.77. The van der Waals surface area contributed by atoms with Crippen LogP contribution in [0.3, 0.4) is 0 Å². The molecule has 0 saturated heterocycles. The Morgan fingerprint density at radius 2 is 2.06 bits per heavy atom. The fourth-order valence-electron chi connectivity index (χ4n) is 1.28. The van der Waals surface area contributed by atoms with Gasteiger partial charge >= 0.3 is 0 Å². The number of nitrogens with zero attached hydrogens (tertiary/aromatic N) is 2. The molecule has 0 atom stereocenters. The Kier molecular flexibility index (Phi) is 4.30. The molecule has 92 valence electrons. The van der Waals surface area contributed by atoms with Crippen LogP contribution in [0.4, 0.5) is 4.39 Å². The SMILES string of the molecule is C=CCSc1n[nH]c(C=Cc2ccc(F)cc2)n1. The summed E-state index contributed by atoms with van der Waals surface area (Å²) in [6.45, 7) is 3.63. The highest BCUT2D eigenvalue weighted by atomic mass is 32.2. The lowest BCUT2D eigenvalue weighted by Gasteiger charge is -1.91. The minimum absolute atomic E-state index is 0.241. The van der Waals surface area contributed by atoms with Gasteiger partial charge in [-0.3, -0.25) is 5.10 Å². The maximum Gasteiger partial charge on any atom is 0.209 e. The molecular weight excluding hydrogens is 249 g/mol. The van der Waals surface area contributed by atoms with Crippen LogP contribution in [0.15, 0.2) is 42.1 Å². The number of hydrogen-bond acceptors (Lipinski definition) is 3. The van der Waals surface area contributed by atoms with Gasteiger partial charge in [0.15, 0.2) is 0 Å². The number of aromatic amines is 1. The van der Waals surface area contributed by atoms with Crippen molar-refractivity contribution in [2.24, 2.45) is 0 Å². The first-order chi connectivity index (χ1) is 8.78. The van der Waals surface area contributed by atoms with E-state index in [1.807, 2.05) is 6.08 Å². The highest BCUT2D eigenvalue weighted by molar-refractivity contribution is 7.99. The third kappa shape index (κ3) is 3.56. The summed E-state index contributed by atoms with van der Waals surface area (Å²) in [5.41, 5.74) is 0.910. The number of rotatable bonds is 5. The molecule has 2 aromatic rings. The lowest BCUT2D eigenvalue weighted by atomic mass is 10.2. The molecule has 0 bridgehead atoms. The molecule has 5 heteroatoms. The first-order valence-corrected chi connectivity index (χ1v) is 6.36. The molecule has 3 nitrogen and oxygen atoms in total. The largest absolute Gasteiger partial charge is 0.259 e. The van der Waals surface area contributed by atoms with Gasteiger partial charge < -0.3 is 0 Å². The zero-order valence-electron chi connectivity index (χ0n) is 9.64. The summed E-state index contributed by atoms with van der Waals surface area (Å²) in [6.07, 6.45) is 5.45. The first kappa shape index (κ1) is 12.6. The highest BCUT2D eigenvalue weighted by Crippen LogP contribution is 2.13. The average molecular weight is 261 g/mol. The van der Waals surface area contributed by atoms with E-state index in [0.717, 1.165) is 11.3 Å². The maximum absolute atomic E-state index is 12.7. The topological polar surface area (TPSA) is 41.6 Å². The molecule has 18 heavy (non-hydrogen) atoms. The van der Waals surface area contributed by atoms with Crippen LogP contribution in [0.1, 0.15) is 11.4 Å². The Bertz CT molecular complexity index is 546. The van der Waals surface area contributed by atoms with E-state index in [1.54, 1.807) is 24.3 Å². The molecule has 0 aliphatic rings. The van der Waals surface area contributed by atoms with Gasteiger partial charge in [0.1, 0.15) is 11.6 Å². The highest BCUT2D eigenvalue weighted by Gasteiger charge is 1.99. The van der Waals surface area contributed by atoms with Crippen molar-refractivity contribution in [2.75, 3.05) is 5.75 Å². The fraction of sp³-hybridized carbons (Fsp3) is 0.0769. The van der Waals surface area contributed by atoms with Crippen molar-refractivity contribution in [2.45, 2.75) is 5.16 Å². The molecule has 1 heterocycles. The van der Waals surface area contributed by atoms with Crippen molar-refractivity contribution in [1.29, 1.82) is 0 Å². The predicted molar refractivity (Wildman–Crippen MR) is 72.6 cm³/mol. The zero-order chi connectivity index (χ0) is 12.8. The number of halogens is 1. The van der Waals surface area contributed by atoms with Gasteiger partial charge in [0, 0.05) is 5.75 Å². The number of benzene rings is 1. The van der Waals surface area contributed by atoms with E-state index in [1.165, 1.54) is 23.9 Å². The van der Waals surface area contributed by atoms with Crippen molar-refractivity contribution < 1.29 is 4.39 Å². The number of thioether (sulfide) groups is 1. The third-order valence-corrected chi connectivity index (χ3v) is 2.96. The predicted octanol–water partition coefficient (Wildman–Crippen LogP) is 3.39. The monoisotopic (exact) mass is 261 g/mol. The van der Waals surface area contributed by atoms with Crippen molar-refractivity contribution in [1.82, 2.24) is 15.2 Å². The summed E-state index contributed by atoms with van der Waals surface area (Å²) in [5.74, 6) is 1.21. The Morgan fingerprint density at radius 1 is 1.28 bits per heavy atom. The van der Waals surface area contributed by atoms with Crippen LogP contribution in [0.5, 0.6) is 0 Å². The second-order valence-electron chi connectivity index (χ2n) is 3.49. The zero-order valence-corrected chi connectivity index (χ0v) is 10.5. The van der Waals surface area contributed by atoms with E-state index >= 15 is 0 Å². The van der Waals surface area contributed by atoms with Gasteiger partial charge in [-0.1, -0.05) is 36.0 Å². The molecule has 0 radical (unpaired) electrons. The van der Waals surface area contributed by atoms with Crippen LogP contribution in [0.2, 0.25) is 0 Å². The molecule has 1 aromatic heterocycles. The van der Waals surface area contributed by atoms with Crippen molar-refractivity contribution in [3.63, 3.8) is 0 Å². The van der Waals surface area contributed by atoms with E-state index in [0.29, 0.717) is 11.0 Å². The summed E-state index contributed by atoms with van der Waals surface area (Å²) in [5, 5.41) is 7.56. The lowest BCUT2D eigenvalue weighted by molar-refractivity contribution is 0.628. The second kappa shape index (κ2) is 6.16. The van der Waals surface area contributed by atoms with Gasteiger partial charge in [0.05, 0.1) is 0 Å². The molecule has 0 unspecified atom stereocenters. The van der Waals surface area contributed by atoms with Crippen molar-refractivity contribution in [3.05, 3.63) is 54.1 Å². The van der Waals surface area contributed by atoms with Gasteiger partial charge in [0.25, 0.3) is 0 Å². The fourth-order valence-corrected chi connectivity index (χ4v) is 1.82. The quantitative estimate of drug-likeness (QED) is 0.662. The van der Waals surface area contributed by atoms with Crippen LogP contribution < -0.4 is 0 Å². The van der Waals surface area contributed by atoms with E-state index in [4.69, 9.17) is 0 Å². The second-order valence-corrected chi connectivity index (χ2v) is 4.47.